The molecule has 0 fully saturated rings. The number of hydrogen-bond acceptors (Lipinski definition) is 5. The molecule has 0 aliphatic rings. The normalized spacial score (nSPS) is 11.0. The van der Waals surface area contributed by atoms with Crippen LogP contribution in [0.15, 0.2) is 77.9 Å². The maximum absolute atomic E-state index is 12.8. The van der Waals surface area contributed by atoms with Crippen LogP contribution in [0.2, 0.25) is 0 Å². The maximum atomic E-state index is 12.8. The van der Waals surface area contributed by atoms with Crippen molar-refractivity contribution in [2.24, 2.45) is 5.10 Å². The second kappa shape index (κ2) is 11.2. The summed E-state index contributed by atoms with van der Waals surface area (Å²) in [6, 6.07) is 23.4. The van der Waals surface area contributed by atoms with Gasteiger partial charge in [0.2, 0.25) is 0 Å². The number of nitrogens with one attached hydrogen (secondary N) is 1. The van der Waals surface area contributed by atoms with Gasteiger partial charge in [0.05, 0.1) is 29.6 Å². The number of amides is 1. The average Bonchev–Trinajstić information content (AvgIpc) is 2.86. The number of hydrazone groups is 1. The van der Waals surface area contributed by atoms with Gasteiger partial charge in [-0.1, -0.05) is 54.1 Å². The van der Waals surface area contributed by atoms with Crippen LogP contribution in [0, 0.1) is 10.5 Å². The zero-order valence-corrected chi connectivity index (χ0v) is 21.8. The van der Waals surface area contributed by atoms with E-state index in [1.807, 2.05) is 54.6 Å². The molecule has 0 aromatic heterocycles. The van der Waals surface area contributed by atoms with Gasteiger partial charge < -0.3 is 14.2 Å². The highest BCUT2D eigenvalue weighted by molar-refractivity contribution is 14.1. The molecule has 35 heavy (non-hydrogen) atoms. The number of fused-ring (bicyclic) bond motifs is 1. The summed E-state index contributed by atoms with van der Waals surface area (Å²) in [7, 11) is 3.14. The quantitative estimate of drug-likeness (QED) is 0.155. The third kappa shape index (κ3) is 5.92. The molecule has 0 atom stereocenters. The predicted octanol–water partition coefficient (Wildman–Crippen LogP) is 6.11. The van der Waals surface area contributed by atoms with E-state index in [-0.39, 0.29) is 5.91 Å². The van der Waals surface area contributed by atoms with Crippen molar-refractivity contribution in [2.75, 3.05) is 14.2 Å². The molecule has 4 aromatic carbocycles. The Labute approximate surface area is 218 Å². The lowest BCUT2D eigenvalue weighted by molar-refractivity contribution is 0.0952. The number of hydrogen-bond donors (Lipinski definition) is 1. The Morgan fingerprint density at radius 2 is 1.69 bits per heavy atom. The summed E-state index contributed by atoms with van der Waals surface area (Å²) in [5.41, 5.74) is 6.03. The fourth-order valence-corrected chi connectivity index (χ4v) is 4.48. The molecule has 0 bridgehead atoms. The van der Waals surface area contributed by atoms with Crippen molar-refractivity contribution in [3.8, 4) is 17.2 Å². The van der Waals surface area contributed by atoms with E-state index < -0.39 is 0 Å². The van der Waals surface area contributed by atoms with Crippen molar-refractivity contribution in [1.82, 2.24) is 5.43 Å². The van der Waals surface area contributed by atoms with Crippen molar-refractivity contribution < 1.29 is 19.0 Å². The van der Waals surface area contributed by atoms with Gasteiger partial charge in [0.15, 0.2) is 11.5 Å². The first-order chi connectivity index (χ1) is 17.0. The molecule has 7 heteroatoms. The predicted molar refractivity (Wildman–Crippen MR) is 147 cm³/mol. The van der Waals surface area contributed by atoms with Gasteiger partial charge in [-0.25, -0.2) is 5.43 Å². The first-order valence-corrected chi connectivity index (χ1v) is 12.0. The molecule has 4 aromatic rings. The number of halogens is 1. The number of carbonyl (C=O) groups is 1. The van der Waals surface area contributed by atoms with Crippen molar-refractivity contribution in [3.05, 3.63) is 98.6 Å². The molecule has 0 saturated heterocycles. The summed E-state index contributed by atoms with van der Waals surface area (Å²) in [6.45, 7) is 2.49. The lowest BCUT2D eigenvalue weighted by atomic mass is 10.1. The van der Waals surface area contributed by atoms with Crippen LogP contribution in [0.3, 0.4) is 0 Å². The summed E-state index contributed by atoms with van der Waals surface area (Å²) < 4.78 is 17.9. The largest absolute Gasteiger partial charge is 0.496 e. The summed E-state index contributed by atoms with van der Waals surface area (Å²) in [6.07, 6.45) is 1.57. The monoisotopic (exact) mass is 580 g/mol. The molecule has 4 rings (SSSR count). The van der Waals surface area contributed by atoms with E-state index in [0.717, 1.165) is 25.5 Å². The Balaban J connectivity index is 1.48. The number of rotatable bonds is 8. The van der Waals surface area contributed by atoms with Gasteiger partial charge in [-0.3, -0.25) is 4.79 Å². The Hall–Kier alpha value is -3.59. The maximum Gasteiger partial charge on any atom is 0.275 e. The second-order valence-corrected chi connectivity index (χ2v) is 9.07. The molecule has 0 spiro atoms. The van der Waals surface area contributed by atoms with E-state index in [2.05, 4.69) is 52.2 Å². The van der Waals surface area contributed by atoms with E-state index in [1.54, 1.807) is 26.5 Å². The van der Waals surface area contributed by atoms with Crippen LogP contribution in [-0.4, -0.2) is 26.3 Å². The molecular formula is C28H25IN2O4. The van der Waals surface area contributed by atoms with Crippen LogP contribution in [0.25, 0.3) is 10.8 Å². The SMILES string of the molecule is COc1cc2ccccc2cc1C(=O)N/N=C\c1cc(I)c(OCc2cccc(C)c2)c(OC)c1. The first kappa shape index (κ1) is 24.5. The van der Waals surface area contributed by atoms with Crippen molar-refractivity contribution in [2.45, 2.75) is 13.5 Å². The number of carbonyl (C=O) groups excluding carboxylic acids is 1. The van der Waals surface area contributed by atoms with Gasteiger partial charge in [-0.2, -0.15) is 5.10 Å². The smallest absolute Gasteiger partial charge is 0.275 e. The standard InChI is InChI=1S/C28H25IN2O4/c1-18-7-6-8-19(11-18)17-35-27-24(29)12-20(13-26(27)34-3)16-30-31-28(32)23-14-21-9-4-5-10-22(21)15-25(23)33-2/h4-16H,17H2,1-3H3,(H,31,32)/b30-16-. The van der Waals surface area contributed by atoms with Crippen LogP contribution in [0.1, 0.15) is 27.0 Å². The van der Waals surface area contributed by atoms with E-state index in [9.17, 15) is 4.79 Å². The topological polar surface area (TPSA) is 69.2 Å². The van der Waals surface area contributed by atoms with Gasteiger partial charge in [0.25, 0.3) is 5.91 Å². The zero-order chi connectivity index (χ0) is 24.8. The Morgan fingerprint density at radius 1 is 0.943 bits per heavy atom. The fraction of sp³-hybridized carbons (Fsp3) is 0.143. The molecular weight excluding hydrogens is 555 g/mol. The highest BCUT2D eigenvalue weighted by Crippen LogP contribution is 2.34. The Kier molecular flexibility index (Phi) is 7.87. The van der Waals surface area contributed by atoms with Crippen LogP contribution in [0.4, 0.5) is 0 Å². The minimum absolute atomic E-state index is 0.358. The zero-order valence-electron chi connectivity index (χ0n) is 19.7. The highest BCUT2D eigenvalue weighted by Gasteiger charge is 2.14. The van der Waals surface area contributed by atoms with Gasteiger partial charge in [-0.05, 0) is 75.7 Å². The van der Waals surface area contributed by atoms with Crippen molar-refractivity contribution in [3.63, 3.8) is 0 Å². The van der Waals surface area contributed by atoms with Crippen molar-refractivity contribution >= 4 is 45.5 Å². The third-order valence-corrected chi connectivity index (χ3v) is 6.21. The average molecular weight is 580 g/mol. The van der Waals surface area contributed by atoms with E-state index in [4.69, 9.17) is 14.2 Å². The first-order valence-electron chi connectivity index (χ1n) is 10.9. The van der Waals surface area contributed by atoms with Crippen LogP contribution in [0.5, 0.6) is 17.2 Å². The number of methoxy groups -OCH3 is 2. The Bertz CT molecular complexity index is 1400. The molecule has 0 radical (unpaired) electrons. The van der Waals surface area contributed by atoms with E-state index in [1.165, 1.54) is 5.56 Å². The van der Waals surface area contributed by atoms with Gasteiger partial charge in [-0.15, -0.1) is 0 Å². The van der Waals surface area contributed by atoms with Crippen LogP contribution in [-0.2, 0) is 6.61 Å². The summed E-state index contributed by atoms with van der Waals surface area (Å²) in [5.74, 6) is 1.39. The van der Waals surface area contributed by atoms with Crippen LogP contribution >= 0.6 is 22.6 Å². The molecule has 0 heterocycles. The molecule has 178 valence electrons. The fourth-order valence-electron chi connectivity index (χ4n) is 3.70. The minimum Gasteiger partial charge on any atom is -0.496 e. The number of benzene rings is 4. The Morgan fingerprint density at radius 3 is 2.40 bits per heavy atom. The minimum atomic E-state index is -0.358. The number of ether oxygens (including phenoxy) is 3. The molecule has 6 nitrogen and oxygen atoms in total. The molecule has 1 N–H and O–H groups in total. The summed E-state index contributed by atoms with van der Waals surface area (Å²) in [4.78, 5) is 12.8. The molecule has 0 aliphatic heterocycles. The lowest BCUT2D eigenvalue weighted by Crippen LogP contribution is -2.18. The second-order valence-electron chi connectivity index (χ2n) is 7.91. The summed E-state index contributed by atoms with van der Waals surface area (Å²) >= 11 is 2.21. The number of nitrogens with zero attached hydrogens (tertiary/aromatic N) is 1. The number of aryl methyl sites for hydroxylation is 1. The van der Waals surface area contributed by atoms with Crippen LogP contribution < -0.4 is 19.6 Å². The van der Waals surface area contributed by atoms with Gasteiger partial charge >= 0.3 is 0 Å². The van der Waals surface area contributed by atoms with Gasteiger partial charge in [0, 0.05) is 0 Å². The molecule has 1 amide bonds. The van der Waals surface area contributed by atoms with Gasteiger partial charge in [0.1, 0.15) is 12.4 Å². The van der Waals surface area contributed by atoms with Crippen molar-refractivity contribution in [1.29, 1.82) is 0 Å². The van der Waals surface area contributed by atoms with E-state index >= 15 is 0 Å². The molecule has 0 aliphatic carbocycles. The molecule has 0 saturated carbocycles. The van der Waals surface area contributed by atoms with E-state index in [0.29, 0.717) is 29.4 Å². The highest BCUT2D eigenvalue weighted by atomic mass is 127. The lowest BCUT2D eigenvalue weighted by Gasteiger charge is -2.14. The summed E-state index contributed by atoms with van der Waals surface area (Å²) in [5, 5.41) is 6.09. The third-order valence-electron chi connectivity index (χ3n) is 5.41. The molecule has 0 unspecified atom stereocenters.